The molecule has 0 bridgehead atoms. The fourth-order valence-corrected chi connectivity index (χ4v) is 5.35. The lowest BCUT2D eigenvalue weighted by Gasteiger charge is -2.24. The van der Waals surface area contributed by atoms with Crippen LogP contribution < -0.4 is 5.32 Å². The highest BCUT2D eigenvalue weighted by Gasteiger charge is 2.25. The molecule has 0 spiro atoms. The van der Waals surface area contributed by atoms with Crippen LogP contribution >= 0.6 is 11.6 Å². The van der Waals surface area contributed by atoms with Crippen molar-refractivity contribution < 1.29 is 12.8 Å². The molecular formula is C20H20ClFN2O2S. The number of rotatable bonds is 4. The summed E-state index contributed by atoms with van der Waals surface area (Å²) in [5.74, 6) is -0.575. The third-order valence-corrected chi connectivity index (χ3v) is 7.05. The zero-order chi connectivity index (χ0) is 19.0. The molecule has 27 heavy (non-hydrogen) atoms. The van der Waals surface area contributed by atoms with E-state index in [9.17, 15) is 12.8 Å². The summed E-state index contributed by atoms with van der Waals surface area (Å²) < 4.78 is 41.9. The lowest BCUT2D eigenvalue weighted by molar-refractivity contribution is 0.366. The first kappa shape index (κ1) is 18.5. The van der Waals surface area contributed by atoms with E-state index in [1.54, 1.807) is 24.4 Å². The molecule has 0 amide bonds. The van der Waals surface area contributed by atoms with Crippen LogP contribution in [0.1, 0.15) is 19.3 Å². The van der Waals surface area contributed by atoms with Crippen molar-refractivity contribution in [2.45, 2.75) is 41.6 Å². The van der Waals surface area contributed by atoms with Gasteiger partial charge in [0.2, 0.25) is 9.84 Å². The van der Waals surface area contributed by atoms with E-state index >= 15 is 0 Å². The third-order valence-electron chi connectivity index (χ3n) is 5.03. The van der Waals surface area contributed by atoms with Gasteiger partial charge in [0.25, 0.3) is 0 Å². The Bertz CT molecular complexity index is 1090. The van der Waals surface area contributed by atoms with Crippen molar-refractivity contribution in [3.05, 3.63) is 59.5 Å². The second-order valence-corrected chi connectivity index (χ2v) is 9.27. The topological polar surface area (TPSA) is 51.1 Å². The van der Waals surface area contributed by atoms with E-state index in [-0.39, 0.29) is 15.8 Å². The van der Waals surface area contributed by atoms with Crippen LogP contribution in [0.2, 0.25) is 5.02 Å². The molecule has 3 aromatic rings. The number of nitrogens with one attached hydrogen (secondary N) is 1. The smallest absolute Gasteiger partial charge is 0.208 e. The van der Waals surface area contributed by atoms with Gasteiger partial charge in [0, 0.05) is 29.2 Å². The van der Waals surface area contributed by atoms with Gasteiger partial charge in [-0.05, 0) is 49.7 Å². The molecule has 1 unspecified atom stereocenters. The lowest BCUT2D eigenvalue weighted by atomic mass is 10.1. The Balaban J connectivity index is 1.83. The minimum absolute atomic E-state index is 0.0488. The summed E-state index contributed by atoms with van der Waals surface area (Å²) in [6, 6.07) is 10.6. The fraction of sp³-hybridized carbons (Fsp3) is 0.300. The largest absolute Gasteiger partial charge is 0.345 e. The molecule has 0 radical (unpaired) electrons. The van der Waals surface area contributed by atoms with Crippen LogP contribution in [0.25, 0.3) is 10.9 Å². The van der Waals surface area contributed by atoms with E-state index in [0.29, 0.717) is 17.0 Å². The van der Waals surface area contributed by atoms with Gasteiger partial charge >= 0.3 is 0 Å². The number of aromatic nitrogens is 1. The Morgan fingerprint density at radius 2 is 2.04 bits per heavy atom. The molecule has 2 aromatic carbocycles. The minimum Gasteiger partial charge on any atom is -0.345 e. The molecule has 142 valence electrons. The highest BCUT2D eigenvalue weighted by atomic mass is 35.5. The van der Waals surface area contributed by atoms with Gasteiger partial charge in [-0.25, -0.2) is 12.8 Å². The molecule has 1 N–H and O–H groups in total. The molecule has 0 saturated carbocycles. The molecule has 0 aliphatic carbocycles. The van der Waals surface area contributed by atoms with Crippen LogP contribution in [0.15, 0.2) is 58.5 Å². The summed E-state index contributed by atoms with van der Waals surface area (Å²) in [5.41, 5.74) is 0.768. The van der Waals surface area contributed by atoms with E-state index in [4.69, 9.17) is 11.6 Å². The predicted octanol–water partition coefficient (Wildman–Crippen LogP) is 4.41. The molecule has 7 heteroatoms. The predicted molar refractivity (Wildman–Crippen MR) is 104 cm³/mol. The van der Waals surface area contributed by atoms with E-state index in [1.165, 1.54) is 18.2 Å². The van der Waals surface area contributed by atoms with E-state index in [1.807, 2.05) is 4.57 Å². The Hall–Kier alpha value is -1.89. The Morgan fingerprint density at radius 3 is 2.78 bits per heavy atom. The molecule has 1 saturated heterocycles. The number of hydrogen-bond donors (Lipinski definition) is 1. The Labute approximate surface area is 162 Å². The highest BCUT2D eigenvalue weighted by molar-refractivity contribution is 7.91. The van der Waals surface area contributed by atoms with Gasteiger partial charge < -0.3 is 9.88 Å². The van der Waals surface area contributed by atoms with Gasteiger partial charge in [-0.15, -0.1) is 0 Å². The average molecular weight is 407 g/mol. The van der Waals surface area contributed by atoms with Gasteiger partial charge in [-0.3, -0.25) is 0 Å². The van der Waals surface area contributed by atoms with Crippen molar-refractivity contribution in [2.24, 2.45) is 0 Å². The summed E-state index contributed by atoms with van der Waals surface area (Å²) in [5, 5.41) is 4.63. The van der Waals surface area contributed by atoms with E-state index in [2.05, 4.69) is 5.32 Å². The molecule has 1 aliphatic rings. The van der Waals surface area contributed by atoms with E-state index in [0.717, 1.165) is 37.4 Å². The zero-order valence-electron chi connectivity index (χ0n) is 14.7. The number of fused-ring (bicyclic) bond motifs is 1. The number of benzene rings is 2. The van der Waals surface area contributed by atoms with Crippen LogP contribution in [0, 0.1) is 5.82 Å². The van der Waals surface area contributed by atoms with Crippen LogP contribution in [-0.2, 0) is 16.4 Å². The van der Waals surface area contributed by atoms with Crippen LogP contribution in [0.5, 0.6) is 0 Å². The maximum Gasteiger partial charge on any atom is 0.208 e. The molecule has 1 fully saturated rings. The number of sulfone groups is 1. The maximum atomic E-state index is 13.6. The molecule has 1 aromatic heterocycles. The monoisotopic (exact) mass is 406 g/mol. The van der Waals surface area contributed by atoms with Gasteiger partial charge in [-0.2, -0.15) is 0 Å². The van der Waals surface area contributed by atoms with Gasteiger partial charge in [0.1, 0.15) is 5.82 Å². The molecule has 2 heterocycles. The van der Waals surface area contributed by atoms with Crippen molar-refractivity contribution in [3.63, 3.8) is 0 Å². The van der Waals surface area contributed by atoms with Crippen LogP contribution in [0.4, 0.5) is 4.39 Å². The van der Waals surface area contributed by atoms with Crippen molar-refractivity contribution in [1.29, 1.82) is 0 Å². The zero-order valence-corrected chi connectivity index (χ0v) is 16.2. The fourth-order valence-electron chi connectivity index (χ4n) is 3.67. The highest BCUT2D eigenvalue weighted by Crippen LogP contribution is 2.32. The van der Waals surface area contributed by atoms with Crippen molar-refractivity contribution >= 4 is 32.3 Å². The normalized spacial score (nSPS) is 18.1. The summed E-state index contributed by atoms with van der Waals surface area (Å²) in [4.78, 5) is 0.128. The molecule has 4 nitrogen and oxygen atoms in total. The first-order valence-corrected chi connectivity index (χ1v) is 10.8. The van der Waals surface area contributed by atoms with Crippen molar-refractivity contribution in [1.82, 2.24) is 9.88 Å². The minimum atomic E-state index is -3.85. The number of piperidine rings is 1. The summed E-state index contributed by atoms with van der Waals surface area (Å²) in [6.07, 6.45) is 5.02. The second kappa shape index (κ2) is 7.26. The Morgan fingerprint density at radius 1 is 1.19 bits per heavy atom. The number of hydrogen-bond acceptors (Lipinski definition) is 3. The van der Waals surface area contributed by atoms with E-state index < -0.39 is 15.7 Å². The second-order valence-electron chi connectivity index (χ2n) is 6.91. The average Bonchev–Trinajstić information content (AvgIpc) is 3.01. The first-order valence-electron chi connectivity index (χ1n) is 8.97. The lowest BCUT2D eigenvalue weighted by Crippen LogP contribution is -2.37. The summed E-state index contributed by atoms with van der Waals surface area (Å²) in [7, 11) is -3.85. The quantitative estimate of drug-likeness (QED) is 0.698. The van der Waals surface area contributed by atoms with Gasteiger partial charge in [0.05, 0.1) is 15.3 Å². The molecule has 1 atom stereocenters. The standard InChI is InChI=1S/C20H20ClFN2O2S/c21-14-7-8-18-19(10-14)24(12-16-5-1-2-9-23-16)13-20(18)27(25,26)17-6-3-4-15(22)11-17/h3-4,6-8,10-11,13,16,23H,1-2,5,9,12H2. The van der Waals surface area contributed by atoms with Crippen molar-refractivity contribution in [3.8, 4) is 0 Å². The SMILES string of the molecule is O=S(=O)(c1cccc(F)c1)c1cn(CC2CCCCN2)c2cc(Cl)ccc12. The van der Waals surface area contributed by atoms with Crippen molar-refractivity contribution in [2.75, 3.05) is 6.54 Å². The van der Waals surface area contributed by atoms with Crippen LogP contribution in [0.3, 0.4) is 0 Å². The summed E-state index contributed by atoms with van der Waals surface area (Å²) >= 11 is 6.17. The maximum absolute atomic E-state index is 13.6. The number of nitrogens with zero attached hydrogens (tertiary/aromatic N) is 1. The number of halogens is 2. The molecule has 1 aliphatic heterocycles. The molecule has 4 rings (SSSR count). The van der Waals surface area contributed by atoms with Gasteiger partial charge in [0.15, 0.2) is 0 Å². The van der Waals surface area contributed by atoms with Gasteiger partial charge in [-0.1, -0.05) is 30.2 Å². The summed E-state index contributed by atoms with van der Waals surface area (Å²) in [6.45, 7) is 1.63. The molecular weight excluding hydrogens is 387 g/mol. The van der Waals surface area contributed by atoms with Crippen LogP contribution in [-0.4, -0.2) is 25.6 Å². The first-order chi connectivity index (χ1) is 12.9. The Kier molecular flexibility index (Phi) is 4.97. The third kappa shape index (κ3) is 3.61.